The van der Waals surface area contributed by atoms with Crippen LogP contribution >= 0.6 is 11.3 Å². The molecule has 4 heteroatoms. The van der Waals surface area contributed by atoms with Crippen molar-refractivity contribution < 1.29 is 9.90 Å². The average molecular weight is 213 g/mol. The molecule has 0 aliphatic heterocycles. The van der Waals surface area contributed by atoms with Gasteiger partial charge in [0.15, 0.2) is 0 Å². The first-order valence-electron chi connectivity index (χ1n) is 4.62. The van der Waals surface area contributed by atoms with Gasteiger partial charge in [-0.1, -0.05) is 6.92 Å². The minimum Gasteiger partial charge on any atom is -0.481 e. The number of anilines is 1. The summed E-state index contributed by atoms with van der Waals surface area (Å²) in [4.78, 5) is 10.5. The molecular formula is C10H15NO2S. The molecule has 0 aliphatic rings. The Balaban J connectivity index is 2.29. The fraction of sp³-hybridized carbons (Fsp3) is 0.500. The lowest BCUT2D eigenvalue weighted by molar-refractivity contribution is -0.141. The normalized spacial score (nSPS) is 12.4. The Morgan fingerprint density at radius 2 is 2.43 bits per heavy atom. The van der Waals surface area contributed by atoms with Crippen LogP contribution in [-0.2, 0) is 4.79 Å². The maximum absolute atomic E-state index is 10.5. The first-order chi connectivity index (χ1) is 6.61. The molecule has 0 aromatic carbocycles. The average Bonchev–Trinajstić information content (AvgIpc) is 2.51. The number of thiophene rings is 1. The Hall–Kier alpha value is -1.03. The van der Waals surface area contributed by atoms with E-state index in [1.54, 1.807) is 18.3 Å². The lowest BCUT2D eigenvalue weighted by Crippen LogP contribution is -2.14. The van der Waals surface area contributed by atoms with Crippen molar-refractivity contribution in [2.45, 2.75) is 20.3 Å². The highest BCUT2D eigenvalue weighted by Crippen LogP contribution is 2.21. The van der Waals surface area contributed by atoms with Gasteiger partial charge in [-0.15, -0.1) is 11.3 Å². The highest BCUT2D eigenvalue weighted by Gasteiger charge is 2.09. The molecule has 78 valence electrons. The number of rotatable bonds is 5. The van der Waals surface area contributed by atoms with Gasteiger partial charge in [0.2, 0.25) is 0 Å². The summed E-state index contributed by atoms with van der Waals surface area (Å²) >= 11 is 1.65. The van der Waals surface area contributed by atoms with E-state index in [1.807, 2.05) is 18.4 Å². The van der Waals surface area contributed by atoms with Crippen LogP contribution < -0.4 is 5.32 Å². The van der Waals surface area contributed by atoms with Crippen LogP contribution in [-0.4, -0.2) is 17.6 Å². The van der Waals surface area contributed by atoms with Crippen LogP contribution in [0.4, 0.5) is 5.00 Å². The molecule has 2 N–H and O–H groups in total. The lowest BCUT2D eigenvalue weighted by atomic mass is 10.1. The van der Waals surface area contributed by atoms with Crippen molar-refractivity contribution in [3.63, 3.8) is 0 Å². The van der Waals surface area contributed by atoms with Gasteiger partial charge in [0.05, 0.1) is 10.9 Å². The fourth-order valence-electron chi connectivity index (χ4n) is 1.08. The summed E-state index contributed by atoms with van der Waals surface area (Å²) in [6.45, 7) is 4.49. The highest BCUT2D eigenvalue weighted by molar-refractivity contribution is 7.14. The molecule has 0 amide bonds. The van der Waals surface area contributed by atoms with Crippen LogP contribution in [0.2, 0.25) is 0 Å². The lowest BCUT2D eigenvalue weighted by Gasteiger charge is -2.07. The molecule has 0 spiro atoms. The Labute approximate surface area is 87.8 Å². The number of hydrogen-bond donors (Lipinski definition) is 2. The minimum atomic E-state index is -0.727. The summed E-state index contributed by atoms with van der Waals surface area (Å²) in [7, 11) is 0. The summed E-state index contributed by atoms with van der Waals surface area (Å²) < 4.78 is 0. The van der Waals surface area contributed by atoms with Crippen LogP contribution in [0, 0.1) is 12.8 Å². The Morgan fingerprint density at radius 3 is 2.93 bits per heavy atom. The molecule has 0 saturated carbocycles. The molecule has 0 bridgehead atoms. The van der Waals surface area contributed by atoms with Gasteiger partial charge in [0.1, 0.15) is 0 Å². The molecular weight excluding hydrogens is 198 g/mol. The van der Waals surface area contributed by atoms with E-state index in [-0.39, 0.29) is 5.92 Å². The number of carboxylic acid groups (broad SMARTS) is 1. The third-order valence-electron chi connectivity index (χ3n) is 2.15. The van der Waals surface area contributed by atoms with Crippen LogP contribution in [0.3, 0.4) is 0 Å². The SMILES string of the molecule is Cc1ccsc1NCCC(C)C(=O)O. The monoisotopic (exact) mass is 213 g/mol. The van der Waals surface area contributed by atoms with Crippen molar-refractivity contribution in [1.82, 2.24) is 0 Å². The quantitative estimate of drug-likeness (QED) is 0.790. The second-order valence-electron chi connectivity index (χ2n) is 3.39. The van der Waals surface area contributed by atoms with Gasteiger partial charge in [0, 0.05) is 6.54 Å². The van der Waals surface area contributed by atoms with E-state index < -0.39 is 5.97 Å². The smallest absolute Gasteiger partial charge is 0.306 e. The van der Waals surface area contributed by atoms with Crippen LogP contribution in [0.5, 0.6) is 0 Å². The summed E-state index contributed by atoms with van der Waals surface area (Å²) in [6.07, 6.45) is 0.659. The predicted molar refractivity (Wildman–Crippen MR) is 59.0 cm³/mol. The van der Waals surface area contributed by atoms with Crippen molar-refractivity contribution in [3.05, 3.63) is 17.0 Å². The van der Waals surface area contributed by atoms with Gasteiger partial charge < -0.3 is 10.4 Å². The van der Waals surface area contributed by atoms with Crippen molar-refractivity contribution in [3.8, 4) is 0 Å². The fourth-order valence-corrected chi connectivity index (χ4v) is 1.93. The molecule has 0 saturated heterocycles. The zero-order valence-corrected chi connectivity index (χ0v) is 9.23. The van der Waals surface area contributed by atoms with Crippen LogP contribution in [0.1, 0.15) is 18.9 Å². The van der Waals surface area contributed by atoms with Crippen LogP contribution in [0.15, 0.2) is 11.4 Å². The summed E-state index contributed by atoms with van der Waals surface area (Å²) in [5.41, 5.74) is 1.22. The molecule has 1 atom stereocenters. The Morgan fingerprint density at radius 1 is 1.71 bits per heavy atom. The number of carboxylic acids is 1. The van der Waals surface area contributed by atoms with Gasteiger partial charge in [-0.25, -0.2) is 0 Å². The molecule has 0 radical (unpaired) electrons. The van der Waals surface area contributed by atoms with Crippen molar-refractivity contribution in [2.24, 2.45) is 5.92 Å². The molecule has 0 aliphatic carbocycles. The highest BCUT2D eigenvalue weighted by atomic mass is 32.1. The van der Waals surface area contributed by atoms with Crippen molar-refractivity contribution in [2.75, 3.05) is 11.9 Å². The third kappa shape index (κ3) is 3.03. The molecule has 1 rings (SSSR count). The number of aliphatic carboxylic acids is 1. The summed E-state index contributed by atoms with van der Waals surface area (Å²) in [5.74, 6) is -1.00. The van der Waals surface area contributed by atoms with E-state index in [2.05, 4.69) is 5.32 Å². The van der Waals surface area contributed by atoms with E-state index in [1.165, 1.54) is 5.56 Å². The molecule has 0 fully saturated rings. The predicted octanol–water partition coefficient (Wildman–Crippen LogP) is 2.58. The van der Waals surface area contributed by atoms with Gasteiger partial charge in [-0.2, -0.15) is 0 Å². The number of aryl methyl sites for hydroxylation is 1. The molecule has 3 nitrogen and oxygen atoms in total. The Kier molecular flexibility index (Phi) is 3.95. The standard InChI is InChI=1S/C10H15NO2S/c1-7-4-6-14-9(7)11-5-3-8(2)10(12)13/h4,6,8,11H,3,5H2,1-2H3,(H,12,13). The van der Waals surface area contributed by atoms with Gasteiger partial charge in [-0.3, -0.25) is 4.79 Å². The van der Waals surface area contributed by atoms with Gasteiger partial charge in [0.25, 0.3) is 0 Å². The van der Waals surface area contributed by atoms with E-state index in [4.69, 9.17) is 5.11 Å². The minimum absolute atomic E-state index is 0.275. The summed E-state index contributed by atoms with van der Waals surface area (Å²) in [5, 5.41) is 15.1. The van der Waals surface area contributed by atoms with E-state index >= 15 is 0 Å². The molecule has 1 aromatic heterocycles. The number of carbonyl (C=O) groups is 1. The molecule has 14 heavy (non-hydrogen) atoms. The maximum atomic E-state index is 10.5. The van der Waals surface area contributed by atoms with Crippen molar-refractivity contribution in [1.29, 1.82) is 0 Å². The van der Waals surface area contributed by atoms with Crippen molar-refractivity contribution >= 4 is 22.3 Å². The second kappa shape index (κ2) is 5.00. The molecule has 1 heterocycles. The molecule has 1 unspecified atom stereocenters. The first kappa shape index (κ1) is 11.0. The van der Waals surface area contributed by atoms with E-state index in [9.17, 15) is 4.79 Å². The molecule has 1 aromatic rings. The summed E-state index contributed by atoms with van der Waals surface area (Å²) in [6, 6.07) is 2.05. The maximum Gasteiger partial charge on any atom is 0.306 e. The van der Waals surface area contributed by atoms with E-state index in [0.29, 0.717) is 6.42 Å². The van der Waals surface area contributed by atoms with Crippen LogP contribution in [0.25, 0.3) is 0 Å². The number of hydrogen-bond acceptors (Lipinski definition) is 3. The van der Waals surface area contributed by atoms with Gasteiger partial charge in [-0.05, 0) is 30.4 Å². The number of nitrogens with one attached hydrogen (secondary N) is 1. The Bertz CT molecular complexity index is 309. The topological polar surface area (TPSA) is 49.3 Å². The second-order valence-corrected chi connectivity index (χ2v) is 4.30. The third-order valence-corrected chi connectivity index (χ3v) is 3.12. The largest absolute Gasteiger partial charge is 0.481 e. The zero-order chi connectivity index (χ0) is 10.6. The van der Waals surface area contributed by atoms with E-state index in [0.717, 1.165) is 11.5 Å². The first-order valence-corrected chi connectivity index (χ1v) is 5.50. The van der Waals surface area contributed by atoms with Gasteiger partial charge >= 0.3 is 5.97 Å². The zero-order valence-electron chi connectivity index (χ0n) is 8.41.